The maximum Gasteiger partial charge on any atom is 0.471 e. The minimum Gasteiger partial charge on any atom is -0.392 e. The predicted octanol–water partition coefficient (Wildman–Crippen LogP) is 6.38. The van der Waals surface area contributed by atoms with Crippen LogP contribution in [0.5, 0.6) is 0 Å². The van der Waals surface area contributed by atoms with Gasteiger partial charge >= 0.3 is 12.1 Å². The third kappa shape index (κ3) is 9.49. The molecule has 53 heavy (non-hydrogen) atoms. The highest BCUT2D eigenvalue weighted by atomic mass is 19.4. The van der Waals surface area contributed by atoms with Gasteiger partial charge in [-0.05, 0) is 65.9 Å². The Morgan fingerprint density at radius 3 is 2.40 bits per heavy atom. The molecule has 0 bridgehead atoms. The van der Waals surface area contributed by atoms with Crippen LogP contribution in [0.25, 0.3) is 11.1 Å². The number of likely N-dealkylation sites (N-methyl/N-ethyl adjacent to an activating group) is 1. The van der Waals surface area contributed by atoms with Gasteiger partial charge in [-0.2, -0.15) is 13.2 Å². The van der Waals surface area contributed by atoms with E-state index in [0.29, 0.717) is 17.9 Å². The summed E-state index contributed by atoms with van der Waals surface area (Å²) in [4.78, 5) is 32.0. The highest BCUT2D eigenvalue weighted by Gasteiger charge is 2.47. The lowest BCUT2D eigenvalue weighted by atomic mass is 9.90. The lowest BCUT2D eigenvalue weighted by Crippen LogP contribution is -2.50. The molecule has 0 spiro atoms. The first kappa shape index (κ1) is 38.1. The number of benzene rings is 3. The number of nitrogens with one attached hydrogen (secondary N) is 1. The molecule has 2 fully saturated rings. The number of likely N-dealkylation sites (tertiary alicyclic amines) is 1. The van der Waals surface area contributed by atoms with Crippen LogP contribution in [0.4, 0.5) is 13.2 Å². The van der Waals surface area contributed by atoms with Crippen molar-refractivity contribution in [3.63, 3.8) is 0 Å². The number of carbonyl (C=O) groups is 2. The minimum absolute atomic E-state index is 0.0343. The van der Waals surface area contributed by atoms with Crippen molar-refractivity contribution in [2.24, 2.45) is 5.92 Å². The number of aromatic nitrogens is 1. The summed E-state index contributed by atoms with van der Waals surface area (Å²) in [5, 5.41) is 12.3. The Morgan fingerprint density at radius 2 is 1.70 bits per heavy atom. The van der Waals surface area contributed by atoms with Gasteiger partial charge in [0.25, 0.3) is 0 Å². The van der Waals surface area contributed by atoms with E-state index in [-0.39, 0.29) is 44.2 Å². The van der Waals surface area contributed by atoms with Crippen LogP contribution in [-0.2, 0) is 38.6 Å². The molecule has 1 aromatic heterocycles. The van der Waals surface area contributed by atoms with Crippen molar-refractivity contribution in [3.8, 4) is 11.1 Å². The van der Waals surface area contributed by atoms with E-state index in [9.17, 15) is 27.9 Å². The van der Waals surface area contributed by atoms with Crippen LogP contribution < -0.4 is 5.32 Å². The van der Waals surface area contributed by atoms with Gasteiger partial charge in [0.2, 0.25) is 5.91 Å². The number of rotatable bonds is 12. The third-order valence-corrected chi connectivity index (χ3v) is 10.1. The van der Waals surface area contributed by atoms with Crippen molar-refractivity contribution in [1.82, 2.24) is 20.1 Å². The number of nitrogens with zero attached hydrogens (tertiary/aromatic N) is 3. The number of hydrogen-bond acceptors (Lipinski definition) is 7. The largest absolute Gasteiger partial charge is 0.471 e. The summed E-state index contributed by atoms with van der Waals surface area (Å²) in [5.74, 6) is -2.55. The fourth-order valence-corrected chi connectivity index (χ4v) is 7.02. The topological polar surface area (TPSA) is 104 Å². The molecule has 3 heterocycles. The number of aliphatic hydroxyl groups is 1. The van der Waals surface area contributed by atoms with Gasteiger partial charge < -0.3 is 29.7 Å². The molecule has 2 aliphatic heterocycles. The van der Waals surface area contributed by atoms with E-state index in [1.807, 2.05) is 91.0 Å². The second kappa shape index (κ2) is 17.0. The third-order valence-electron chi connectivity index (χ3n) is 10.1. The molecule has 4 aromatic rings. The van der Waals surface area contributed by atoms with Gasteiger partial charge in [-0.25, -0.2) is 0 Å². The molecular weight excluding hydrogens is 685 g/mol. The van der Waals surface area contributed by atoms with Gasteiger partial charge in [0.05, 0.1) is 18.8 Å². The quantitative estimate of drug-likeness (QED) is 0.175. The molecule has 0 unspecified atom stereocenters. The summed E-state index contributed by atoms with van der Waals surface area (Å²) in [5.41, 5.74) is 6.32. The summed E-state index contributed by atoms with van der Waals surface area (Å²) in [7, 11) is 2.08. The van der Waals surface area contributed by atoms with E-state index in [1.165, 1.54) is 0 Å². The minimum atomic E-state index is -5.02. The maximum absolute atomic E-state index is 13.0. The Morgan fingerprint density at radius 1 is 0.943 bits per heavy atom. The zero-order valence-corrected chi connectivity index (χ0v) is 29.8. The van der Waals surface area contributed by atoms with Gasteiger partial charge in [-0.15, -0.1) is 0 Å². The Hall–Kier alpha value is -4.62. The van der Waals surface area contributed by atoms with E-state index < -0.39 is 30.3 Å². The molecule has 2 aliphatic rings. The normalized spacial score (nSPS) is 21.9. The molecular formula is C41H45F3N4O5. The van der Waals surface area contributed by atoms with Crippen molar-refractivity contribution in [3.05, 3.63) is 125 Å². The first-order valence-electron chi connectivity index (χ1n) is 17.9. The number of carbonyl (C=O) groups excluding carboxylic acids is 2. The van der Waals surface area contributed by atoms with Crippen LogP contribution in [0.2, 0.25) is 0 Å². The molecule has 12 heteroatoms. The van der Waals surface area contributed by atoms with E-state index in [1.54, 1.807) is 6.20 Å². The SMILES string of the molecule is C[C@H]1[C@@H](CN(C)CCc2ccccn2)O[C@@H](c2ccc(-c3cccc(CNC(=O)[C@@H]4CCCN4C(=O)C(F)(F)F)c3)cc2)O[C@H]1c1ccc(CO)cc1. The lowest BCUT2D eigenvalue weighted by molar-refractivity contribution is -0.275. The second-order valence-corrected chi connectivity index (χ2v) is 13.8. The molecule has 9 nitrogen and oxygen atoms in total. The van der Waals surface area contributed by atoms with Gasteiger partial charge in [-0.1, -0.05) is 79.7 Å². The van der Waals surface area contributed by atoms with Crippen LogP contribution >= 0.6 is 0 Å². The van der Waals surface area contributed by atoms with Crippen LogP contribution in [-0.4, -0.2) is 76.7 Å². The molecule has 0 radical (unpaired) electrons. The Labute approximate surface area is 307 Å². The highest BCUT2D eigenvalue weighted by Crippen LogP contribution is 2.42. The maximum atomic E-state index is 13.0. The molecule has 6 rings (SSSR count). The number of hydrogen-bond donors (Lipinski definition) is 2. The molecule has 5 atom stereocenters. The zero-order valence-electron chi connectivity index (χ0n) is 29.8. The molecule has 2 saturated heterocycles. The molecule has 2 N–H and O–H groups in total. The molecule has 0 aliphatic carbocycles. The monoisotopic (exact) mass is 730 g/mol. The molecule has 280 valence electrons. The van der Waals surface area contributed by atoms with Crippen LogP contribution in [0.15, 0.2) is 97.2 Å². The number of halogens is 3. The summed E-state index contributed by atoms with van der Waals surface area (Å²) in [6.45, 7) is 3.63. The number of alkyl halides is 3. The lowest BCUT2D eigenvalue weighted by Gasteiger charge is -2.42. The summed E-state index contributed by atoms with van der Waals surface area (Å²) in [6, 6.07) is 28.1. The second-order valence-electron chi connectivity index (χ2n) is 13.8. The van der Waals surface area contributed by atoms with E-state index in [2.05, 4.69) is 29.2 Å². The summed E-state index contributed by atoms with van der Waals surface area (Å²) < 4.78 is 52.4. The fourth-order valence-electron chi connectivity index (χ4n) is 7.02. The van der Waals surface area contributed by atoms with Crippen LogP contribution in [0.1, 0.15) is 60.1 Å². The van der Waals surface area contributed by atoms with Gasteiger partial charge in [0, 0.05) is 56.0 Å². The zero-order chi connectivity index (χ0) is 37.5. The smallest absolute Gasteiger partial charge is 0.392 e. The number of aliphatic hydroxyl groups excluding tert-OH is 1. The Bertz CT molecular complexity index is 1820. The average molecular weight is 731 g/mol. The highest BCUT2D eigenvalue weighted by molar-refractivity contribution is 5.90. The van der Waals surface area contributed by atoms with Crippen molar-refractivity contribution in [2.75, 3.05) is 26.7 Å². The van der Waals surface area contributed by atoms with Crippen LogP contribution in [0, 0.1) is 5.92 Å². The van der Waals surface area contributed by atoms with E-state index in [4.69, 9.17) is 9.47 Å². The van der Waals surface area contributed by atoms with Crippen molar-refractivity contribution in [2.45, 2.75) is 70.1 Å². The van der Waals surface area contributed by atoms with Crippen molar-refractivity contribution in [1.29, 1.82) is 0 Å². The van der Waals surface area contributed by atoms with Crippen LogP contribution in [0.3, 0.4) is 0 Å². The first-order chi connectivity index (χ1) is 25.5. The van der Waals surface area contributed by atoms with E-state index in [0.717, 1.165) is 52.0 Å². The molecule has 0 saturated carbocycles. The van der Waals surface area contributed by atoms with Crippen molar-refractivity contribution < 1.29 is 37.3 Å². The van der Waals surface area contributed by atoms with Gasteiger partial charge in [0.15, 0.2) is 6.29 Å². The molecule has 3 aromatic carbocycles. The average Bonchev–Trinajstić information content (AvgIpc) is 3.67. The standard InChI is InChI=1S/C41H45F3N4O5/c1-27-36(25-47(2)22-19-34-9-3-4-20-45-34)52-39(53-37(27)31-13-11-28(26-49)12-14-31)32-17-15-30(16-18-32)33-8-5-7-29(23-33)24-46-38(50)35-10-6-21-48(35)40(51)41(42,43)44/h3-5,7-9,11-18,20,23,27,35-37,39,49H,6,10,19,21-22,24-26H2,1-2H3,(H,46,50)/t27-,35-,36+,37+,39+/m0/s1. The Balaban J connectivity index is 1.13. The van der Waals surface area contributed by atoms with Crippen molar-refractivity contribution >= 4 is 11.8 Å². The predicted molar refractivity (Wildman–Crippen MR) is 193 cm³/mol. The summed E-state index contributed by atoms with van der Waals surface area (Å²) in [6.07, 6.45) is -2.88. The first-order valence-corrected chi connectivity index (χ1v) is 17.9. The van der Waals surface area contributed by atoms with Gasteiger partial charge in [-0.3, -0.25) is 14.6 Å². The number of pyridine rings is 1. The summed E-state index contributed by atoms with van der Waals surface area (Å²) >= 11 is 0. The Kier molecular flexibility index (Phi) is 12.2. The fraction of sp³-hybridized carbons (Fsp3) is 0.390. The molecule has 2 amide bonds. The number of amides is 2. The van der Waals surface area contributed by atoms with Gasteiger partial charge in [0.1, 0.15) is 6.04 Å². The van der Waals surface area contributed by atoms with E-state index >= 15 is 0 Å². The number of ether oxygens (including phenoxy) is 2.